The third-order valence-corrected chi connectivity index (χ3v) is 11.4. The Bertz CT molecular complexity index is 2860. The third kappa shape index (κ3) is 3.99. The Morgan fingerprint density at radius 1 is 0.412 bits per heavy atom. The Morgan fingerprint density at radius 2 is 1.02 bits per heavy atom. The van der Waals surface area contributed by atoms with Crippen molar-refractivity contribution in [3.8, 4) is 44.5 Å². The third-order valence-electron chi connectivity index (χ3n) is 11.4. The van der Waals surface area contributed by atoms with E-state index in [-0.39, 0.29) is 5.41 Å². The number of hydrogen-bond acceptors (Lipinski definition) is 2. The molecule has 240 valence electrons. The molecule has 1 heterocycles. The Labute approximate surface area is 296 Å². The van der Waals surface area contributed by atoms with Gasteiger partial charge in [0.15, 0.2) is 0 Å². The highest BCUT2D eigenvalue weighted by Crippen LogP contribution is 2.53. The normalized spacial score (nSPS) is 13.5. The van der Waals surface area contributed by atoms with Crippen LogP contribution in [0.25, 0.3) is 77.2 Å². The average Bonchev–Trinajstić information content (AvgIpc) is 3.79. The Hall–Kier alpha value is -6.38. The standard InChI is InChI=1S/C49H33NO/c1-49(2)43-16-7-5-12-36(43)37-24-23-33(29-44(37)49)50(45-26-25-40-35-11-4-3-10-34(35)39-14-9-15-41(45)48(39)40)32-21-18-30(19-22-32)31-20-27-47-42(28-31)38-13-6-8-17-46(38)51-47/h3-29H,1-2H3. The molecule has 0 N–H and O–H groups in total. The Kier molecular flexibility index (Phi) is 5.76. The number of para-hydroxylation sites is 1. The molecule has 0 atom stereocenters. The van der Waals surface area contributed by atoms with Crippen molar-refractivity contribution in [2.75, 3.05) is 4.90 Å². The number of fused-ring (bicyclic) bond motifs is 9. The predicted molar refractivity (Wildman–Crippen MR) is 213 cm³/mol. The van der Waals surface area contributed by atoms with Crippen molar-refractivity contribution in [2.24, 2.45) is 0 Å². The summed E-state index contributed by atoms with van der Waals surface area (Å²) in [5, 5.41) is 4.87. The second-order valence-corrected chi connectivity index (χ2v) is 14.5. The second-order valence-electron chi connectivity index (χ2n) is 14.5. The van der Waals surface area contributed by atoms with E-state index in [2.05, 4.69) is 170 Å². The number of nitrogens with zero attached hydrogens (tertiary/aromatic N) is 1. The summed E-state index contributed by atoms with van der Waals surface area (Å²) >= 11 is 0. The zero-order valence-electron chi connectivity index (χ0n) is 28.4. The van der Waals surface area contributed by atoms with E-state index in [9.17, 15) is 0 Å². The molecule has 2 heteroatoms. The summed E-state index contributed by atoms with van der Waals surface area (Å²) in [5.74, 6) is 0. The van der Waals surface area contributed by atoms with E-state index in [1.807, 2.05) is 12.1 Å². The van der Waals surface area contributed by atoms with Crippen LogP contribution in [0.2, 0.25) is 0 Å². The first-order chi connectivity index (χ1) is 25.0. The van der Waals surface area contributed by atoms with Gasteiger partial charge in [-0.25, -0.2) is 0 Å². The lowest BCUT2D eigenvalue weighted by Gasteiger charge is -2.29. The molecule has 8 aromatic carbocycles. The summed E-state index contributed by atoms with van der Waals surface area (Å²) in [6.07, 6.45) is 0. The van der Waals surface area contributed by atoms with Gasteiger partial charge in [0, 0.05) is 32.9 Å². The van der Waals surface area contributed by atoms with E-state index in [0.29, 0.717) is 0 Å². The molecule has 0 saturated heterocycles. The number of hydrogen-bond donors (Lipinski definition) is 0. The SMILES string of the molecule is CC1(C)c2ccccc2-c2ccc(N(c3ccc(-c4ccc5oc6ccccc6c5c4)cc3)c3ccc4c5c(cccc35)-c3ccccc3-4)cc21. The van der Waals surface area contributed by atoms with E-state index in [0.717, 1.165) is 33.3 Å². The fourth-order valence-corrected chi connectivity index (χ4v) is 8.96. The van der Waals surface area contributed by atoms with Gasteiger partial charge in [0.1, 0.15) is 11.2 Å². The number of benzene rings is 8. The smallest absolute Gasteiger partial charge is 0.135 e. The minimum Gasteiger partial charge on any atom is -0.456 e. The summed E-state index contributed by atoms with van der Waals surface area (Å²) in [4.78, 5) is 2.46. The molecule has 0 aliphatic heterocycles. The number of rotatable bonds is 4. The number of furan rings is 1. The molecule has 0 unspecified atom stereocenters. The molecule has 2 nitrogen and oxygen atoms in total. The summed E-state index contributed by atoms with van der Waals surface area (Å²) in [6, 6.07) is 60.0. The fourth-order valence-electron chi connectivity index (χ4n) is 8.96. The van der Waals surface area contributed by atoms with Crippen LogP contribution in [0, 0.1) is 0 Å². The van der Waals surface area contributed by atoms with Gasteiger partial charge >= 0.3 is 0 Å². The van der Waals surface area contributed by atoms with E-state index in [4.69, 9.17) is 4.42 Å². The van der Waals surface area contributed by atoms with Crippen LogP contribution in [0.3, 0.4) is 0 Å². The van der Waals surface area contributed by atoms with Gasteiger partial charge < -0.3 is 9.32 Å². The van der Waals surface area contributed by atoms with Crippen LogP contribution in [0.5, 0.6) is 0 Å². The molecule has 2 aliphatic rings. The van der Waals surface area contributed by atoms with Gasteiger partial charge in [-0.2, -0.15) is 0 Å². The molecule has 9 aromatic rings. The predicted octanol–water partition coefficient (Wildman–Crippen LogP) is 13.8. The van der Waals surface area contributed by atoms with E-state index in [1.54, 1.807) is 0 Å². The maximum absolute atomic E-state index is 6.13. The van der Waals surface area contributed by atoms with Gasteiger partial charge in [0.2, 0.25) is 0 Å². The highest BCUT2D eigenvalue weighted by atomic mass is 16.3. The van der Waals surface area contributed by atoms with Gasteiger partial charge in [-0.1, -0.05) is 129 Å². The maximum atomic E-state index is 6.13. The maximum Gasteiger partial charge on any atom is 0.135 e. The molecule has 0 amide bonds. The summed E-state index contributed by atoms with van der Waals surface area (Å²) in [7, 11) is 0. The summed E-state index contributed by atoms with van der Waals surface area (Å²) in [5.41, 5.74) is 18.2. The summed E-state index contributed by atoms with van der Waals surface area (Å²) in [6.45, 7) is 4.72. The van der Waals surface area contributed by atoms with E-state index in [1.165, 1.54) is 72.1 Å². The van der Waals surface area contributed by atoms with Crippen molar-refractivity contribution in [1.82, 2.24) is 0 Å². The lowest BCUT2D eigenvalue weighted by Crippen LogP contribution is -2.16. The Morgan fingerprint density at radius 3 is 1.86 bits per heavy atom. The highest BCUT2D eigenvalue weighted by molar-refractivity contribution is 6.19. The van der Waals surface area contributed by atoms with Crippen molar-refractivity contribution in [2.45, 2.75) is 19.3 Å². The molecule has 0 fully saturated rings. The zero-order chi connectivity index (χ0) is 33.8. The van der Waals surface area contributed by atoms with Crippen LogP contribution in [0.15, 0.2) is 168 Å². The minimum absolute atomic E-state index is 0.100. The van der Waals surface area contributed by atoms with Crippen LogP contribution in [-0.4, -0.2) is 0 Å². The van der Waals surface area contributed by atoms with Gasteiger partial charge in [-0.05, 0) is 110 Å². The van der Waals surface area contributed by atoms with Crippen molar-refractivity contribution < 1.29 is 4.42 Å². The van der Waals surface area contributed by atoms with Crippen LogP contribution < -0.4 is 4.90 Å². The Balaban J connectivity index is 1.09. The molecule has 51 heavy (non-hydrogen) atoms. The first-order valence-corrected chi connectivity index (χ1v) is 17.8. The lowest BCUT2D eigenvalue weighted by molar-refractivity contribution is 0.660. The topological polar surface area (TPSA) is 16.4 Å². The number of anilines is 3. The molecule has 0 saturated carbocycles. The second kappa shape index (κ2) is 10.3. The zero-order valence-corrected chi connectivity index (χ0v) is 28.4. The largest absolute Gasteiger partial charge is 0.456 e. The monoisotopic (exact) mass is 651 g/mol. The van der Waals surface area contributed by atoms with Gasteiger partial charge in [-0.15, -0.1) is 0 Å². The molecule has 11 rings (SSSR count). The fraction of sp³-hybridized carbons (Fsp3) is 0.0612. The van der Waals surface area contributed by atoms with Crippen molar-refractivity contribution in [3.05, 3.63) is 175 Å². The highest BCUT2D eigenvalue weighted by Gasteiger charge is 2.36. The van der Waals surface area contributed by atoms with E-state index >= 15 is 0 Å². The lowest BCUT2D eigenvalue weighted by atomic mass is 9.82. The summed E-state index contributed by atoms with van der Waals surface area (Å²) < 4.78 is 6.13. The van der Waals surface area contributed by atoms with Crippen LogP contribution in [0.4, 0.5) is 17.1 Å². The van der Waals surface area contributed by atoms with Crippen LogP contribution in [0.1, 0.15) is 25.0 Å². The van der Waals surface area contributed by atoms with E-state index < -0.39 is 0 Å². The van der Waals surface area contributed by atoms with Gasteiger partial charge in [0.25, 0.3) is 0 Å². The molecule has 1 aromatic heterocycles. The van der Waals surface area contributed by atoms with Crippen LogP contribution in [-0.2, 0) is 5.41 Å². The molecular weight excluding hydrogens is 619 g/mol. The first kappa shape index (κ1) is 28.5. The quantitative estimate of drug-likeness (QED) is 0.188. The molecule has 0 radical (unpaired) electrons. The van der Waals surface area contributed by atoms with Gasteiger partial charge in [0.05, 0.1) is 5.69 Å². The van der Waals surface area contributed by atoms with Gasteiger partial charge in [-0.3, -0.25) is 0 Å². The van der Waals surface area contributed by atoms with Crippen molar-refractivity contribution in [3.63, 3.8) is 0 Å². The molecular formula is C49H33NO. The van der Waals surface area contributed by atoms with Crippen molar-refractivity contribution in [1.29, 1.82) is 0 Å². The first-order valence-electron chi connectivity index (χ1n) is 17.8. The van der Waals surface area contributed by atoms with Crippen molar-refractivity contribution >= 4 is 49.8 Å². The minimum atomic E-state index is -0.100. The van der Waals surface area contributed by atoms with Crippen LogP contribution >= 0.6 is 0 Å². The average molecular weight is 652 g/mol. The molecule has 0 bridgehead atoms. The molecule has 2 aliphatic carbocycles. The molecule has 0 spiro atoms.